The van der Waals surface area contributed by atoms with E-state index in [-0.39, 0.29) is 11.7 Å². The number of hydrogen-bond acceptors (Lipinski definition) is 5. The Bertz CT molecular complexity index is 916. The van der Waals surface area contributed by atoms with Crippen LogP contribution in [0.4, 0.5) is 5.69 Å². The number of nitrogens with one attached hydrogen (secondary N) is 1. The second-order valence-corrected chi connectivity index (χ2v) is 8.60. The number of methoxy groups -OCH3 is 1. The van der Waals surface area contributed by atoms with Crippen molar-refractivity contribution in [2.24, 2.45) is 0 Å². The molecule has 0 saturated heterocycles. The van der Waals surface area contributed by atoms with Crippen molar-refractivity contribution < 1.29 is 9.53 Å². The first-order valence-corrected chi connectivity index (χ1v) is 10.6. The Morgan fingerprint density at radius 1 is 1.31 bits per heavy atom. The minimum absolute atomic E-state index is 0.114. The van der Waals surface area contributed by atoms with Crippen LogP contribution < -0.4 is 10.1 Å². The van der Waals surface area contributed by atoms with Crippen molar-refractivity contribution in [1.29, 1.82) is 0 Å². The molecule has 26 heavy (non-hydrogen) atoms. The predicted octanol–water partition coefficient (Wildman–Crippen LogP) is 5.97. The van der Waals surface area contributed by atoms with E-state index in [2.05, 4.69) is 26.2 Å². The summed E-state index contributed by atoms with van der Waals surface area (Å²) in [6, 6.07) is 13.1. The van der Waals surface area contributed by atoms with Crippen LogP contribution in [0, 0.1) is 0 Å². The van der Waals surface area contributed by atoms with Crippen LogP contribution in [-0.2, 0) is 4.79 Å². The maximum Gasteiger partial charge on any atom is 0.234 e. The lowest BCUT2D eigenvalue weighted by molar-refractivity contribution is -0.113. The van der Waals surface area contributed by atoms with Gasteiger partial charge < -0.3 is 10.1 Å². The number of thiazole rings is 1. The Kier molecular flexibility index (Phi) is 6.58. The molecule has 1 heterocycles. The van der Waals surface area contributed by atoms with Crippen molar-refractivity contribution in [1.82, 2.24) is 4.98 Å². The zero-order valence-electron chi connectivity index (χ0n) is 13.7. The third kappa shape index (κ3) is 5.01. The van der Waals surface area contributed by atoms with E-state index in [0.717, 1.165) is 20.1 Å². The van der Waals surface area contributed by atoms with Crippen LogP contribution in [0.15, 0.2) is 56.7 Å². The van der Waals surface area contributed by atoms with Crippen LogP contribution in [0.25, 0.3) is 11.3 Å². The fourth-order valence-electron chi connectivity index (χ4n) is 2.15. The third-order valence-electron chi connectivity index (χ3n) is 3.39. The van der Waals surface area contributed by atoms with Gasteiger partial charge in [-0.1, -0.05) is 51.4 Å². The van der Waals surface area contributed by atoms with E-state index in [9.17, 15) is 4.79 Å². The van der Waals surface area contributed by atoms with Gasteiger partial charge >= 0.3 is 0 Å². The lowest BCUT2D eigenvalue weighted by atomic mass is 10.2. The van der Waals surface area contributed by atoms with E-state index < -0.39 is 0 Å². The number of nitrogens with zero attached hydrogens (tertiary/aromatic N) is 1. The summed E-state index contributed by atoms with van der Waals surface area (Å²) in [6.07, 6.45) is 0. The van der Waals surface area contributed by atoms with Gasteiger partial charge in [-0.3, -0.25) is 4.79 Å². The summed E-state index contributed by atoms with van der Waals surface area (Å²) in [5.74, 6) is 0.732. The number of amides is 1. The Labute approximate surface area is 173 Å². The molecule has 1 amide bonds. The molecular weight excluding hydrogens is 456 g/mol. The van der Waals surface area contributed by atoms with Gasteiger partial charge in [0.05, 0.1) is 23.6 Å². The van der Waals surface area contributed by atoms with Crippen molar-refractivity contribution in [3.05, 3.63) is 57.3 Å². The van der Waals surface area contributed by atoms with Gasteiger partial charge in [-0.15, -0.1) is 11.3 Å². The van der Waals surface area contributed by atoms with Crippen LogP contribution in [0.1, 0.15) is 0 Å². The Balaban J connectivity index is 1.56. The van der Waals surface area contributed by atoms with E-state index in [0.29, 0.717) is 16.5 Å². The van der Waals surface area contributed by atoms with Crippen molar-refractivity contribution in [3.8, 4) is 17.0 Å². The molecule has 134 valence electrons. The molecule has 2 aromatic carbocycles. The molecule has 3 rings (SSSR count). The first-order chi connectivity index (χ1) is 12.5. The highest BCUT2D eigenvalue weighted by atomic mass is 79.9. The number of carbonyl (C=O) groups is 1. The first-order valence-electron chi connectivity index (χ1n) is 7.53. The molecule has 0 unspecified atom stereocenters. The van der Waals surface area contributed by atoms with Crippen molar-refractivity contribution in [2.45, 2.75) is 4.34 Å². The fourth-order valence-corrected chi connectivity index (χ4v) is 4.30. The fraction of sp³-hybridized carbons (Fsp3) is 0.111. The van der Waals surface area contributed by atoms with Crippen LogP contribution in [-0.4, -0.2) is 23.8 Å². The van der Waals surface area contributed by atoms with Gasteiger partial charge in [-0.25, -0.2) is 4.98 Å². The Morgan fingerprint density at radius 2 is 2.08 bits per heavy atom. The molecule has 8 heteroatoms. The Morgan fingerprint density at radius 3 is 2.77 bits per heavy atom. The monoisotopic (exact) mass is 468 g/mol. The van der Waals surface area contributed by atoms with Crippen molar-refractivity contribution in [2.75, 3.05) is 18.2 Å². The highest BCUT2D eigenvalue weighted by Gasteiger charge is 2.09. The largest absolute Gasteiger partial charge is 0.495 e. The highest BCUT2D eigenvalue weighted by molar-refractivity contribution is 9.10. The molecule has 0 aliphatic rings. The minimum Gasteiger partial charge on any atom is -0.495 e. The average Bonchev–Trinajstić information content (AvgIpc) is 3.10. The van der Waals surface area contributed by atoms with E-state index >= 15 is 0 Å². The number of thioether (sulfide) groups is 1. The zero-order chi connectivity index (χ0) is 18.5. The number of carbonyl (C=O) groups excluding carboxylic acids is 1. The topological polar surface area (TPSA) is 51.2 Å². The van der Waals surface area contributed by atoms with Gasteiger partial charge in [0.2, 0.25) is 5.91 Å². The second kappa shape index (κ2) is 8.90. The molecule has 4 nitrogen and oxygen atoms in total. The summed E-state index contributed by atoms with van der Waals surface area (Å²) in [5, 5.41) is 5.27. The summed E-state index contributed by atoms with van der Waals surface area (Å²) in [7, 11) is 1.55. The van der Waals surface area contributed by atoms with E-state index in [4.69, 9.17) is 16.3 Å². The summed E-state index contributed by atoms with van der Waals surface area (Å²) >= 11 is 12.4. The van der Waals surface area contributed by atoms with Crippen LogP contribution >= 0.6 is 50.6 Å². The molecule has 0 aliphatic carbocycles. The number of rotatable bonds is 6. The molecule has 3 aromatic rings. The maximum absolute atomic E-state index is 12.1. The number of benzene rings is 2. The lowest BCUT2D eigenvalue weighted by Crippen LogP contribution is -2.13. The molecule has 0 radical (unpaired) electrons. The summed E-state index contributed by atoms with van der Waals surface area (Å²) in [4.78, 5) is 16.7. The molecule has 0 atom stereocenters. The van der Waals surface area contributed by atoms with Crippen LogP contribution in [0.3, 0.4) is 0 Å². The molecule has 0 aliphatic heterocycles. The minimum atomic E-state index is -0.114. The smallest absolute Gasteiger partial charge is 0.234 e. The van der Waals surface area contributed by atoms with Gasteiger partial charge in [0.1, 0.15) is 5.75 Å². The normalized spacial score (nSPS) is 10.6. The van der Waals surface area contributed by atoms with Crippen LogP contribution in [0.5, 0.6) is 5.75 Å². The van der Waals surface area contributed by atoms with E-state index in [1.165, 1.54) is 23.1 Å². The van der Waals surface area contributed by atoms with Gasteiger partial charge in [-0.2, -0.15) is 0 Å². The molecule has 0 saturated carbocycles. The highest BCUT2D eigenvalue weighted by Crippen LogP contribution is 2.30. The van der Waals surface area contributed by atoms with Crippen molar-refractivity contribution >= 4 is 62.2 Å². The first kappa shape index (κ1) is 19.2. The van der Waals surface area contributed by atoms with E-state index in [1.54, 1.807) is 25.3 Å². The van der Waals surface area contributed by atoms with Gasteiger partial charge in [-0.05, 0) is 30.3 Å². The zero-order valence-corrected chi connectivity index (χ0v) is 17.6. The number of halogens is 2. The van der Waals surface area contributed by atoms with Crippen LogP contribution in [0.2, 0.25) is 5.02 Å². The standard InChI is InChI=1S/C18H14BrClN2O2S2/c1-24-16-7-6-13(8-14(16)20)21-17(23)10-26-18-22-15(9-25-18)11-2-4-12(19)5-3-11/h2-9H,10H2,1H3,(H,21,23). The molecule has 0 fully saturated rings. The quantitative estimate of drug-likeness (QED) is 0.452. The number of anilines is 1. The molecular formula is C18H14BrClN2O2S2. The number of hydrogen-bond donors (Lipinski definition) is 1. The summed E-state index contributed by atoms with van der Waals surface area (Å²) < 4.78 is 6.98. The van der Waals surface area contributed by atoms with Crippen molar-refractivity contribution in [3.63, 3.8) is 0 Å². The third-order valence-corrected chi connectivity index (χ3v) is 6.23. The van der Waals surface area contributed by atoms with Gasteiger partial charge in [0.25, 0.3) is 0 Å². The van der Waals surface area contributed by atoms with E-state index in [1.807, 2.05) is 29.6 Å². The lowest BCUT2D eigenvalue weighted by Gasteiger charge is -2.07. The molecule has 0 spiro atoms. The molecule has 1 aromatic heterocycles. The SMILES string of the molecule is COc1ccc(NC(=O)CSc2nc(-c3ccc(Br)cc3)cs2)cc1Cl. The number of ether oxygens (including phenoxy) is 1. The molecule has 0 bridgehead atoms. The summed E-state index contributed by atoms with van der Waals surface area (Å²) in [5.41, 5.74) is 2.59. The second-order valence-electron chi connectivity index (χ2n) is 5.19. The molecule has 1 N–H and O–H groups in total. The van der Waals surface area contributed by atoms with Gasteiger partial charge in [0, 0.05) is 21.1 Å². The maximum atomic E-state index is 12.1. The average molecular weight is 470 g/mol. The van der Waals surface area contributed by atoms with Gasteiger partial charge in [0.15, 0.2) is 4.34 Å². The number of aromatic nitrogens is 1. The Hall–Kier alpha value is -1.54. The predicted molar refractivity (Wildman–Crippen MR) is 113 cm³/mol. The summed E-state index contributed by atoms with van der Waals surface area (Å²) in [6.45, 7) is 0.